The number of halogens is 1. The van der Waals surface area contributed by atoms with Crippen molar-refractivity contribution in [3.8, 4) is 0 Å². The number of rotatable bonds is 5. The van der Waals surface area contributed by atoms with Gasteiger partial charge in [0.25, 0.3) is 0 Å². The molecule has 0 unspecified atom stereocenters. The van der Waals surface area contributed by atoms with Crippen LogP contribution in [-0.2, 0) is 0 Å². The van der Waals surface area contributed by atoms with Crippen molar-refractivity contribution in [2.45, 2.75) is 34.1 Å². The molecule has 0 atom stereocenters. The molecular formula is C13H19FN4. The third-order valence-corrected chi connectivity index (χ3v) is 2.61. The standard InChI is InChI=1S/C13H19FN4/c1-6-15-9(2)7-8-18(14)13-10(3)11(4)16-12(5)17-13/h6H,2,7-8H2,1,3-5H3/b15-6-. The third-order valence-electron chi connectivity index (χ3n) is 2.61. The summed E-state index contributed by atoms with van der Waals surface area (Å²) in [6.07, 6.45) is 2.11. The fourth-order valence-electron chi connectivity index (χ4n) is 1.57. The van der Waals surface area contributed by atoms with E-state index in [0.717, 1.165) is 11.3 Å². The first-order valence-corrected chi connectivity index (χ1v) is 5.87. The van der Waals surface area contributed by atoms with E-state index in [-0.39, 0.29) is 6.54 Å². The smallest absolute Gasteiger partial charge is 0.164 e. The van der Waals surface area contributed by atoms with Crippen LogP contribution < -0.4 is 5.12 Å². The third kappa shape index (κ3) is 3.61. The summed E-state index contributed by atoms with van der Waals surface area (Å²) in [5, 5.41) is 0.632. The summed E-state index contributed by atoms with van der Waals surface area (Å²) >= 11 is 0. The van der Waals surface area contributed by atoms with E-state index in [9.17, 15) is 4.48 Å². The van der Waals surface area contributed by atoms with E-state index in [1.54, 1.807) is 20.1 Å². The lowest BCUT2D eigenvalue weighted by molar-refractivity contribution is 0.426. The Morgan fingerprint density at radius 2 is 2.06 bits per heavy atom. The summed E-state index contributed by atoms with van der Waals surface area (Å²) in [4.78, 5) is 12.3. The maximum atomic E-state index is 14.0. The Morgan fingerprint density at radius 3 is 2.67 bits per heavy atom. The lowest BCUT2D eigenvalue weighted by Crippen LogP contribution is -2.18. The topological polar surface area (TPSA) is 41.4 Å². The van der Waals surface area contributed by atoms with Crippen molar-refractivity contribution in [3.63, 3.8) is 0 Å². The van der Waals surface area contributed by atoms with Crippen LogP contribution in [0.5, 0.6) is 0 Å². The summed E-state index contributed by atoms with van der Waals surface area (Å²) in [5.41, 5.74) is 2.21. The normalized spacial score (nSPS) is 10.9. The molecule has 0 aliphatic rings. The maximum absolute atomic E-state index is 14.0. The molecule has 0 spiro atoms. The van der Waals surface area contributed by atoms with Gasteiger partial charge in [0.05, 0.1) is 6.54 Å². The molecule has 18 heavy (non-hydrogen) atoms. The lowest BCUT2D eigenvalue weighted by Gasteiger charge is -2.16. The number of aryl methyl sites for hydroxylation is 2. The van der Waals surface area contributed by atoms with Crippen LogP contribution in [0, 0.1) is 20.8 Å². The van der Waals surface area contributed by atoms with Crippen LogP contribution in [-0.4, -0.2) is 22.7 Å². The first-order valence-electron chi connectivity index (χ1n) is 5.87. The van der Waals surface area contributed by atoms with Crippen LogP contribution in [0.15, 0.2) is 17.3 Å². The molecule has 0 radical (unpaired) electrons. The van der Waals surface area contributed by atoms with Gasteiger partial charge in [0.15, 0.2) is 5.82 Å². The van der Waals surface area contributed by atoms with Crippen LogP contribution in [0.4, 0.5) is 10.3 Å². The Kier molecular flexibility index (Phi) is 4.95. The van der Waals surface area contributed by atoms with Gasteiger partial charge in [-0.2, -0.15) is 5.12 Å². The Hall–Kier alpha value is -1.78. The van der Waals surface area contributed by atoms with Crippen molar-refractivity contribution >= 4 is 12.0 Å². The largest absolute Gasteiger partial charge is 0.267 e. The molecule has 98 valence electrons. The van der Waals surface area contributed by atoms with E-state index in [0.29, 0.717) is 28.9 Å². The second-order valence-corrected chi connectivity index (χ2v) is 4.09. The predicted octanol–water partition coefficient (Wildman–Crippen LogP) is 3.09. The minimum atomic E-state index is 0.187. The zero-order valence-electron chi connectivity index (χ0n) is 11.4. The van der Waals surface area contributed by atoms with Crippen molar-refractivity contribution in [2.75, 3.05) is 11.7 Å². The second-order valence-electron chi connectivity index (χ2n) is 4.09. The number of hydrogen-bond acceptors (Lipinski definition) is 4. The van der Waals surface area contributed by atoms with Gasteiger partial charge in [-0.15, -0.1) is 0 Å². The fraction of sp³-hybridized carbons (Fsp3) is 0.462. The van der Waals surface area contributed by atoms with E-state index in [2.05, 4.69) is 21.5 Å². The molecule has 0 amide bonds. The molecule has 1 aromatic rings. The van der Waals surface area contributed by atoms with Crippen LogP contribution in [0.2, 0.25) is 0 Å². The molecule has 1 aromatic heterocycles. The van der Waals surface area contributed by atoms with E-state index in [4.69, 9.17) is 0 Å². The van der Waals surface area contributed by atoms with Gasteiger partial charge in [0.2, 0.25) is 0 Å². The molecule has 0 aromatic carbocycles. The summed E-state index contributed by atoms with van der Waals surface area (Å²) < 4.78 is 14.0. The van der Waals surface area contributed by atoms with Gasteiger partial charge in [-0.1, -0.05) is 11.1 Å². The van der Waals surface area contributed by atoms with Crippen molar-refractivity contribution in [3.05, 3.63) is 29.4 Å². The van der Waals surface area contributed by atoms with Crippen molar-refractivity contribution in [2.24, 2.45) is 4.99 Å². The molecular weight excluding hydrogens is 231 g/mol. The summed E-state index contributed by atoms with van der Waals surface area (Å²) in [7, 11) is 0. The van der Waals surface area contributed by atoms with Crippen LogP contribution in [0.3, 0.4) is 0 Å². The van der Waals surface area contributed by atoms with Crippen LogP contribution in [0.1, 0.15) is 30.4 Å². The van der Waals surface area contributed by atoms with Crippen molar-refractivity contribution in [1.29, 1.82) is 0 Å². The number of hydrogen-bond donors (Lipinski definition) is 0. The summed E-state index contributed by atoms with van der Waals surface area (Å²) in [6.45, 7) is 11.2. The first kappa shape index (κ1) is 14.3. The maximum Gasteiger partial charge on any atom is 0.164 e. The minimum Gasteiger partial charge on any atom is -0.267 e. The van der Waals surface area contributed by atoms with Gasteiger partial charge in [0.1, 0.15) is 5.82 Å². The van der Waals surface area contributed by atoms with Crippen LogP contribution >= 0.6 is 0 Å². The average Bonchev–Trinajstić information content (AvgIpc) is 2.31. The van der Waals surface area contributed by atoms with Gasteiger partial charge in [-0.05, 0) is 27.7 Å². The Bertz CT molecular complexity index is 468. The predicted molar refractivity (Wildman–Crippen MR) is 72.6 cm³/mol. The number of aromatic nitrogens is 2. The second kappa shape index (κ2) is 6.23. The van der Waals surface area contributed by atoms with Gasteiger partial charge >= 0.3 is 0 Å². The summed E-state index contributed by atoms with van der Waals surface area (Å²) in [5.74, 6) is 0.898. The molecule has 0 saturated heterocycles. The molecule has 0 saturated carbocycles. The molecule has 1 rings (SSSR count). The molecule has 0 N–H and O–H groups in total. The number of nitrogens with zero attached hydrogens (tertiary/aromatic N) is 4. The molecule has 0 fully saturated rings. The van der Waals surface area contributed by atoms with Gasteiger partial charge < -0.3 is 0 Å². The molecule has 0 aliphatic carbocycles. The van der Waals surface area contributed by atoms with E-state index < -0.39 is 0 Å². The SMILES string of the molecule is C=C(CCN(F)c1nc(C)nc(C)c1C)/N=C\C. The number of aliphatic imine (C=N–C) groups is 1. The average molecular weight is 250 g/mol. The molecule has 5 heteroatoms. The van der Waals surface area contributed by atoms with E-state index >= 15 is 0 Å². The zero-order valence-corrected chi connectivity index (χ0v) is 11.4. The Labute approximate surface area is 107 Å². The van der Waals surface area contributed by atoms with Crippen molar-refractivity contribution < 1.29 is 4.48 Å². The highest BCUT2D eigenvalue weighted by Gasteiger charge is 2.13. The number of anilines is 1. The van der Waals surface area contributed by atoms with Crippen molar-refractivity contribution in [1.82, 2.24) is 9.97 Å². The molecule has 1 heterocycles. The zero-order chi connectivity index (χ0) is 13.7. The van der Waals surface area contributed by atoms with E-state index in [1.807, 2.05) is 13.8 Å². The Balaban J connectivity index is 2.78. The lowest BCUT2D eigenvalue weighted by atomic mass is 10.2. The fourth-order valence-corrected chi connectivity index (χ4v) is 1.57. The minimum absolute atomic E-state index is 0.187. The highest BCUT2D eigenvalue weighted by Crippen LogP contribution is 2.20. The quantitative estimate of drug-likeness (QED) is 0.595. The summed E-state index contributed by atoms with van der Waals surface area (Å²) in [6, 6.07) is 0. The Morgan fingerprint density at radius 1 is 1.39 bits per heavy atom. The van der Waals surface area contributed by atoms with Gasteiger partial charge in [0, 0.05) is 29.6 Å². The van der Waals surface area contributed by atoms with Gasteiger partial charge in [-0.3, -0.25) is 4.99 Å². The molecule has 0 bridgehead atoms. The molecule has 0 aliphatic heterocycles. The highest BCUT2D eigenvalue weighted by molar-refractivity contribution is 5.55. The molecule has 4 nitrogen and oxygen atoms in total. The highest BCUT2D eigenvalue weighted by atomic mass is 19.2. The van der Waals surface area contributed by atoms with Gasteiger partial charge in [-0.25, -0.2) is 9.97 Å². The first-order chi connectivity index (χ1) is 8.45. The monoisotopic (exact) mass is 250 g/mol. The van der Waals surface area contributed by atoms with Crippen LogP contribution in [0.25, 0.3) is 0 Å². The van der Waals surface area contributed by atoms with E-state index in [1.165, 1.54) is 0 Å².